The van der Waals surface area contributed by atoms with E-state index in [9.17, 15) is 14.4 Å². The molecule has 0 radical (unpaired) electrons. The zero-order valence-electron chi connectivity index (χ0n) is 22.8. The molecule has 11 heteroatoms. The first-order chi connectivity index (χ1) is 19.2. The molecule has 1 aromatic heterocycles. The minimum atomic E-state index is -0.487. The van der Waals surface area contributed by atoms with E-state index in [4.69, 9.17) is 17.0 Å². The fourth-order valence-electron chi connectivity index (χ4n) is 4.33. The van der Waals surface area contributed by atoms with Crippen molar-refractivity contribution in [2.45, 2.75) is 50.3 Å². The summed E-state index contributed by atoms with van der Waals surface area (Å²) in [5.74, 6) is -0.705. The molecule has 0 saturated carbocycles. The molecule has 2 aromatic carbocycles. The number of benzene rings is 2. The number of thiophene rings is 1. The zero-order valence-corrected chi connectivity index (χ0v) is 25.3. The Labute approximate surface area is 247 Å². The number of hydrogen-bond donors (Lipinski definition) is 3. The van der Waals surface area contributed by atoms with E-state index < -0.39 is 11.2 Å². The summed E-state index contributed by atoms with van der Waals surface area (Å²) >= 11 is 8.24. The van der Waals surface area contributed by atoms with Gasteiger partial charge in [0.2, 0.25) is 11.8 Å². The van der Waals surface area contributed by atoms with Crippen LogP contribution in [0.25, 0.3) is 0 Å². The van der Waals surface area contributed by atoms with E-state index in [2.05, 4.69) is 16.0 Å². The third-order valence-corrected chi connectivity index (χ3v) is 9.17. The van der Waals surface area contributed by atoms with E-state index in [1.807, 2.05) is 62.4 Å². The number of esters is 1. The van der Waals surface area contributed by atoms with Crippen molar-refractivity contribution in [1.29, 1.82) is 0 Å². The minimum Gasteiger partial charge on any atom is -0.465 e. The molecule has 40 heavy (non-hydrogen) atoms. The number of ether oxygens (including phenoxy) is 1. The number of carbonyl (C=O) groups is 3. The Hall–Kier alpha value is -3.41. The summed E-state index contributed by atoms with van der Waals surface area (Å²) in [4.78, 5) is 41.5. The predicted octanol–water partition coefficient (Wildman–Crippen LogP) is 6.07. The lowest BCUT2D eigenvalue weighted by Crippen LogP contribution is -2.34. The Kier molecular flexibility index (Phi) is 9.83. The number of anilines is 3. The third-order valence-electron chi connectivity index (χ3n) is 6.47. The topological polar surface area (TPSA) is 99.8 Å². The molecule has 4 rings (SSSR count). The molecule has 210 valence electrons. The van der Waals surface area contributed by atoms with Gasteiger partial charge < -0.3 is 25.6 Å². The van der Waals surface area contributed by atoms with Crippen molar-refractivity contribution >= 4 is 74.6 Å². The monoisotopic (exact) mass is 596 g/mol. The van der Waals surface area contributed by atoms with Crippen LogP contribution in [0.3, 0.4) is 0 Å². The van der Waals surface area contributed by atoms with Crippen molar-refractivity contribution in [1.82, 2.24) is 4.90 Å². The highest BCUT2D eigenvalue weighted by Gasteiger charge is 2.31. The highest BCUT2D eigenvalue weighted by molar-refractivity contribution is 8.00. The van der Waals surface area contributed by atoms with E-state index in [1.54, 1.807) is 4.90 Å². The standard InChI is InChI=1S/C29H32N4O4S3/c1-5-23(39-21-8-6-7-20(15-21)31-29(38)30-19-11-9-17(2)10-12-19)26(35)32-27-25(28(36)37-4)22-13-14-33(18(3)34)16-24(22)40-27/h6-12,15,23H,5,13-14,16H2,1-4H3,(H,32,35)(H2,30,31,38). The van der Waals surface area contributed by atoms with Crippen LogP contribution >= 0.6 is 35.3 Å². The van der Waals surface area contributed by atoms with Crippen LogP contribution in [0.15, 0.2) is 53.4 Å². The lowest BCUT2D eigenvalue weighted by atomic mass is 10.0. The second-order valence-corrected chi connectivity index (χ2v) is 12.2. The number of thiocarbonyl (C=S) groups is 1. The summed E-state index contributed by atoms with van der Waals surface area (Å²) in [6.45, 7) is 6.46. The molecule has 1 unspecified atom stereocenters. The number of carbonyl (C=O) groups excluding carboxylic acids is 3. The van der Waals surface area contributed by atoms with Crippen LogP contribution in [0.5, 0.6) is 0 Å². The molecular weight excluding hydrogens is 565 g/mol. The number of thioether (sulfide) groups is 1. The summed E-state index contributed by atoms with van der Waals surface area (Å²) in [7, 11) is 1.33. The lowest BCUT2D eigenvalue weighted by molar-refractivity contribution is -0.129. The molecule has 2 heterocycles. The van der Waals surface area contributed by atoms with Crippen molar-refractivity contribution in [3.63, 3.8) is 0 Å². The first-order valence-corrected chi connectivity index (χ1v) is 15.0. The van der Waals surface area contributed by atoms with Crippen molar-refractivity contribution in [3.05, 3.63) is 70.1 Å². The Bertz CT molecular complexity index is 1420. The predicted molar refractivity (Wildman–Crippen MR) is 166 cm³/mol. The maximum atomic E-state index is 13.4. The quantitative estimate of drug-likeness (QED) is 0.164. The first kappa shape index (κ1) is 29.6. The Balaban J connectivity index is 1.45. The highest BCUT2D eigenvalue weighted by atomic mass is 32.2. The van der Waals surface area contributed by atoms with Gasteiger partial charge in [-0.1, -0.05) is 30.7 Å². The first-order valence-electron chi connectivity index (χ1n) is 12.9. The summed E-state index contributed by atoms with van der Waals surface area (Å²) < 4.78 is 5.04. The number of aryl methyl sites for hydroxylation is 1. The van der Waals surface area contributed by atoms with Crippen molar-refractivity contribution < 1.29 is 19.1 Å². The fourth-order valence-corrected chi connectivity index (χ4v) is 6.84. The van der Waals surface area contributed by atoms with Crippen molar-refractivity contribution in [2.75, 3.05) is 29.6 Å². The van der Waals surface area contributed by atoms with Gasteiger partial charge in [0, 0.05) is 34.6 Å². The molecule has 0 spiro atoms. The summed E-state index contributed by atoms with van der Waals surface area (Å²) in [5, 5.41) is 9.90. The average Bonchev–Trinajstić information content (AvgIpc) is 3.29. The second-order valence-electron chi connectivity index (χ2n) is 9.37. The van der Waals surface area contributed by atoms with Gasteiger partial charge in [0.25, 0.3) is 0 Å². The Morgan fingerprint density at radius 2 is 1.82 bits per heavy atom. The number of hydrogen-bond acceptors (Lipinski definition) is 7. The van der Waals surface area contributed by atoms with Crippen LogP contribution in [0.4, 0.5) is 16.4 Å². The normalized spacial score (nSPS) is 13.2. The van der Waals surface area contributed by atoms with Gasteiger partial charge in [-0.25, -0.2) is 4.79 Å². The molecule has 1 atom stereocenters. The number of nitrogens with one attached hydrogen (secondary N) is 3. The van der Waals surface area contributed by atoms with Gasteiger partial charge >= 0.3 is 5.97 Å². The number of rotatable bonds is 8. The minimum absolute atomic E-state index is 0.0184. The molecule has 1 aliphatic rings. The van der Waals surface area contributed by atoms with Crippen molar-refractivity contribution in [3.8, 4) is 0 Å². The van der Waals surface area contributed by atoms with Gasteiger partial charge in [0.05, 0.1) is 24.5 Å². The van der Waals surface area contributed by atoms with E-state index in [-0.39, 0.29) is 11.8 Å². The van der Waals surface area contributed by atoms with Crippen molar-refractivity contribution in [2.24, 2.45) is 0 Å². The fraction of sp³-hybridized carbons (Fsp3) is 0.310. The molecule has 2 amide bonds. The van der Waals surface area contributed by atoms with E-state index in [0.717, 1.165) is 26.7 Å². The SMILES string of the molecule is CCC(Sc1cccc(NC(=S)Nc2ccc(C)cc2)c1)C(=O)Nc1sc2c(c1C(=O)OC)CCN(C(C)=O)C2. The van der Waals surface area contributed by atoms with Crippen LogP contribution < -0.4 is 16.0 Å². The van der Waals surface area contributed by atoms with Gasteiger partial charge in [-0.2, -0.15) is 0 Å². The molecule has 0 aliphatic carbocycles. The molecule has 8 nitrogen and oxygen atoms in total. The molecule has 0 bridgehead atoms. The molecule has 0 fully saturated rings. The van der Waals surface area contributed by atoms with Gasteiger partial charge in [-0.15, -0.1) is 23.1 Å². The van der Waals surface area contributed by atoms with Crippen LogP contribution in [0.1, 0.15) is 46.6 Å². The van der Waals surface area contributed by atoms with Crippen LogP contribution in [-0.4, -0.2) is 46.7 Å². The summed E-state index contributed by atoms with van der Waals surface area (Å²) in [6.07, 6.45) is 1.12. The molecule has 3 N–H and O–H groups in total. The smallest absolute Gasteiger partial charge is 0.341 e. The van der Waals surface area contributed by atoms with Gasteiger partial charge in [0.15, 0.2) is 5.11 Å². The third kappa shape index (κ3) is 7.21. The van der Waals surface area contributed by atoms with E-state index in [0.29, 0.717) is 41.6 Å². The van der Waals surface area contributed by atoms with Crippen LogP contribution in [0, 0.1) is 6.92 Å². The number of amides is 2. The zero-order chi connectivity index (χ0) is 28.8. The molecule has 3 aromatic rings. The van der Waals surface area contributed by atoms with Crippen LogP contribution in [0.2, 0.25) is 0 Å². The number of nitrogens with zero attached hydrogens (tertiary/aromatic N) is 1. The van der Waals surface area contributed by atoms with Gasteiger partial charge in [-0.05, 0) is 67.9 Å². The van der Waals surface area contributed by atoms with E-state index >= 15 is 0 Å². The Morgan fingerprint density at radius 1 is 1.10 bits per heavy atom. The molecule has 1 aliphatic heterocycles. The summed E-state index contributed by atoms with van der Waals surface area (Å²) in [5.41, 5.74) is 4.10. The lowest BCUT2D eigenvalue weighted by Gasteiger charge is -2.25. The highest BCUT2D eigenvalue weighted by Crippen LogP contribution is 2.38. The van der Waals surface area contributed by atoms with E-state index in [1.165, 1.54) is 42.7 Å². The number of fused-ring (bicyclic) bond motifs is 1. The maximum absolute atomic E-state index is 13.4. The van der Waals surface area contributed by atoms with Gasteiger partial charge in [0.1, 0.15) is 5.00 Å². The van der Waals surface area contributed by atoms with Crippen LogP contribution in [-0.2, 0) is 27.3 Å². The second kappa shape index (κ2) is 13.3. The van der Waals surface area contributed by atoms with Gasteiger partial charge in [-0.3, -0.25) is 9.59 Å². The molecule has 0 saturated heterocycles. The maximum Gasteiger partial charge on any atom is 0.341 e. The Morgan fingerprint density at radius 3 is 2.50 bits per heavy atom. The molecular formula is C29H32N4O4S3. The number of methoxy groups -OCH3 is 1. The average molecular weight is 597 g/mol. The largest absolute Gasteiger partial charge is 0.465 e. The summed E-state index contributed by atoms with van der Waals surface area (Å²) in [6, 6.07) is 15.7.